The highest BCUT2D eigenvalue weighted by atomic mass is 35.5. The van der Waals surface area contributed by atoms with Gasteiger partial charge in [0.1, 0.15) is 11.9 Å². The number of benzene rings is 1. The summed E-state index contributed by atoms with van der Waals surface area (Å²) in [6.07, 6.45) is 0. The monoisotopic (exact) mass is 217 g/mol. The van der Waals surface area contributed by atoms with Crippen molar-refractivity contribution in [2.75, 3.05) is 0 Å². The summed E-state index contributed by atoms with van der Waals surface area (Å²) in [6, 6.07) is 6.43. The van der Waals surface area contributed by atoms with Crippen LogP contribution in [0, 0.1) is 17.0 Å². The molecule has 1 aromatic carbocycles. The summed E-state index contributed by atoms with van der Waals surface area (Å²) in [7, 11) is 0. The minimum atomic E-state index is -0.403. The topological polar surface area (TPSA) is 69.4 Å². The average Bonchev–Trinajstić information content (AvgIpc) is 2.19. The molecule has 0 spiro atoms. The molecule has 0 bridgehead atoms. The van der Waals surface area contributed by atoms with Crippen LogP contribution >= 0.6 is 11.9 Å². The molecule has 0 radical (unpaired) electrons. The van der Waals surface area contributed by atoms with Crippen molar-refractivity contribution in [2.45, 2.75) is 6.92 Å². The van der Waals surface area contributed by atoms with Crippen LogP contribution in [-0.4, -0.2) is 11.4 Å². The van der Waals surface area contributed by atoms with Gasteiger partial charge in [-0.1, -0.05) is 17.7 Å². The molecule has 1 rings (SSSR count). The number of hydrogen-bond acceptors (Lipinski definition) is 4. The van der Waals surface area contributed by atoms with Crippen molar-refractivity contribution in [2.24, 2.45) is 0 Å². The van der Waals surface area contributed by atoms with E-state index in [4.69, 9.17) is 4.79 Å². The van der Waals surface area contributed by atoms with E-state index in [0.29, 0.717) is 0 Å². The highest BCUT2D eigenvalue weighted by molar-refractivity contribution is 6.10. The van der Waals surface area contributed by atoms with Crippen molar-refractivity contribution in [1.82, 2.24) is 0 Å². The number of nitro groups is 1. The minimum absolute atomic E-state index is 0.140. The third kappa shape index (κ3) is 5.10. The standard InChI is InChI=1S/C7H7NO2.CHClO2/c1-6-2-4-7(5-3-6)8(9)10;2-4-1-3/h2-5H,1H3;1H. The van der Waals surface area contributed by atoms with Gasteiger partial charge in [-0.3, -0.25) is 14.9 Å². The number of aryl methyl sites for hydroxylation is 1. The first-order valence-corrected chi connectivity index (χ1v) is 3.84. The van der Waals surface area contributed by atoms with Crippen LogP contribution in [-0.2, 0) is 9.08 Å². The molecular weight excluding hydrogens is 210 g/mol. The summed E-state index contributed by atoms with van der Waals surface area (Å²) in [5.41, 5.74) is 1.18. The van der Waals surface area contributed by atoms with Crippen molar-refractivity contribution >= 4 is 24.0 Å². The van der Waals surface area contributed by atoms with E-state index in [-0.39, 0.29) is 12.2 Å². The Hall–Kier alpha value is -1.62. The van der Waals surface area contributed by atoms with Gasteiger partial charge in [0.05, 0.1) is 4.92 Å². The Kier molecular flexibility index (Phi) is 6.06. The zero-order valence-electron chi connectivity index (χ0n) is 7.34. The van der Waals surface area contributed by atoms with Crippen molar-refractivity contribution in [3.63, 3.8) is 0 Å². The van der Waals surface area contributed by atoms with Crippen molar-refractivity contribution in [1.29, 1.82) is 0 Å². The predicted octanol–water partition coefficient (Wildman–Crippen LogP) is 2.22. The van der Waals surface area contributed by atoms with Gasteiger partial charge in [-0.2, -0.15) is 0 Å². The maximum atomic E-state index is 10.1. The van der Waals surface area contributed by atoms with Crippen LogP contribution in [0.5, 0.6) is 0 Å². The van der Waals surface area contributed by atoms with Crippen molar-refractivity contribution < 1.29 is 14.0 Å². The number of carbonyl (C=O) groups is 1. The van der Waals surface area contributed by atoms with Gasteiger partial charge >= 0.3 is 6.47 Å². The summed E-state index contributed by atoms with van der Waals surface area (Å²) in [6.45, 7) is 2.03. The van der Waals surface area contributed by atoms with E-state index in [1.165, 1.54) is 12.1 Å². The van der Waals surface area contributed by atoms with Gasteiger partial charge in [0.25, 0.3) is 5.69 Å². The third-order valence-corrected chi connectivity index (χ3v) is 1.35. The quantitative estimate of drug-likeness (QED) is 0.433. The lowest BCUT2D eigenvalue weighted by molar-refractivity contribution is -0.384. The Morgan fingerprint density at radius 1 is 1.43 bits per heavy atom. The zero-order valence-corrected chi connectivity index (χ0v) is 8.10. The highest BCUT2D eigenvalue weighted by Gasteiger charge is 2.00. The molecule has 76 valence electrons. The molecule has 0 heterocycles. The first kappa shape index (κ1) is 12.4. The third-order valence-electron chi connectivity index (χ3n) is 1.28. The Labute approximate surface area is 85.6 Å². The van der Waals surface area contributed by atoms with Crippen LogP contribution in [0.15, 0.2) is 24.3 Å². The number of hydrogen-bond donors (Lipinski definition) is 0. The molecule has 0 aliphatic rings. The van der Waals surface area contributed by atoms with Gasteiger partial charge in [0, 0.05) is 12.1 Å². The number of nitrogens with zero attached hydrogens (tertiary/aromatic N) is 1. The fraction of sp³-hybridized carbons (Fsp3) is 0.125. The zero-order chi connectivity index (χ0) is 11.0. The van der Waals surface area contributed by atoms with E-state index in [2.05, 4.69) is 16.2 Å². The van der Waals surface area contributed by atoms with Crippen LogP contribution in [0.25, 0.3) is 0 Å². The fourth-order valence-corrected chi connectivity index (χ4v) is 0.666. The molecule has 0 aromatic heterocycles. The van der Waals surface area contributed by atoms with Crippen LogP contribution in [0.1, 0.15) is 5.56 Å². The van der Waals surface area contributed by atoms with E-state index < -0.39 is 4.92 Å². The van der Waals surface area contributed by atoms with Gasteiger partial charge in [0.15, 0.2) is 0 Å². The second-order valence-electron chi connectivity index (χ2n) is 2.28. The molecular formula is C8H8ClNO4. The number of rotatable bonds is 2. The molecule has 6 heteroatoms. The van der Waals surface area contributed by atoms with Crippen LogP contribution < -0.4 is 0 Å². The minimum Gasteiger partial charge on any atom is -0.350 e. The SMILES string of the molecule is Cc1ccc([N+](=O)[O-])cc1.O=COCl. The van der Waals surface area contributed by atoms with Gasteiger partial charge in [-0.25, -0.2) is 0 Å². The first-order valence-electron chi connectivity index (χ1n) is 3.54. The summed E-state index contributed by atoms with van der Waals surface area (Å²) in [5, 5.41) is 10.1. The molecule has 5 nitrogen and oxygen atoms in total. The van der Waals surface area contributed by atoms with Gasteiger partial charge in [-0.05, 0) is 6.92 Å². The van der Waals surface area contributed by atoms with Gasteiger partial charge < -0.3 is 4.29 Å². The first-order chi connectivity index (χ1) is 6.61. The average molecular weight is 218 g/mol. The Balaban J connectivity index is 0.000000364. The van der Waals surface area contributed by atoms with Crippen LogP contribution in [0.3, 0.4) is 0 Å². The summed E-state index contributed by atoms with van der Waals surface area (Å²) >= 11 is 4.32. The Bertz CT molecular complexity index is 299. The molecule has 0 N–H and O–H groups in total. The van der Waals surface area contributed by atoms with Crippen molar-refractivity contribution in [3.8, 4) is 0 Å². The van der Waals surface area contributed by atoms with Crippen LogP contribution in [0.4, 0.5) is 5.69 Å². The lowest BCUT2D eigenvalue weighted by Crippen LogP contribution is -1.86. The molecule has 14 heavy (non-hydrogen) atoms. The van der Waals surface area contributed by atoms with Gasteiger partial charge in [0.2, 0.25) is 0 Å². The Morgan fingerprint density at radius 3 is 2.14 bits per heavy atom. The smallest absolute Gasteiger partial charge is 0.312 e. The second kappa shape index (κ2) is 6.85. The van der Waals surface area contributed by atoms with Crippen LogP contribution in [0.2, 0.25) is 0 Å². The molecule has 0 fully saturated rings. The van der Waals surface area contributed by atoms with E-state index >= 15 is 0 Å². The van der Waals surface area contributed by atoms with E-state index in [0.717, 1.165) is 5.56 Å². The molecule has 0 saturated heterocycles. The second-order valence-corrected chi connectivity index (χ2v) is 2.46. The lowest BCUT2D eigenvalue weighted by atomic mass is 10.2. The number of carbonyl (C=O) groups excluding carboxylic acids is 1. The van der Waals surface area contributed by atoms with E-state index in [1.807, 2.05) is 6.92 Å². The molecule has 0 atom stereocenters. The normalized spacial score (nSPS) is 8.14. The maximum absolute atomic E-state index is 10.1. The molecule has 0 amide bonds. The molecule has 0 saturated carbocycles. The largest absolute Gasteiger partial charge is 0.350 e. The summed E-state index contributed by atoms with van der Waals surface area (Å²) in [4.78, 5) is 18.5. The number of nitro benzene ring substituents is 1. The Morgan fingerprint density at radius 2 is 1.86 bits per heavy atom. The molecule has 1 aromatic rings. The molecule has 0 unspecified atom stereocenters. The predicted molar refractivity (Wildman–Crippen MR) is 50.8 cm³/mol. The number of halogens is 1. The fourth-order valence-electron chi connectivity index (χ4n) is 0.666. The summed E-state index contributed by atoms with van der Waals surface area (Å²) in [5.74, 6) is 0. The van der Waals surface area contributed by atoms with E-state index in [1.54, 1.807) is 12.1 Å². The molecule has 0 aliphatic carbocycles. The number of non-ortho nitro benzene ring substituents is 1. The summed E-state index contributed by atoms with van der Waals surface area (Å²) < 4.78 is 3.33. The van der Waals surface area contributed by atoms with Crippen molar-refractivity contribution in [3.05, 3.63) is 39.9 Å². The highest BCUT2D eigenvalue weighted by Crippen LogP contribution is 2.10. The molecule has 0 aliphatic heterocycles. The maximum Gasteiger partial charge on any atom is 0.312 e. The van der Waals surface area contributed by atoms with Gasteiger partial charge in [-0.15, -0.1) is 0 Å². The lowest BCUT2D eigenvalue weighted by Gasteiger charge is -1.90. The van der Waals surface area contributed by atoms with E-state index in [9.17, 15) is 10.1 Å².